The number of pyridine rings is 1. The van der Waals surface area contributed by atoms with Gasteiger partial charge in [0.2, 0.25) is 0 Å². The first-order valence-corrected chi connectivity index (χ1v) is 10.7. The maximum absolute atomic E-state index is 14.5. The molecule has 9 nitrogen and oxygen atoms in total. The van der Waals surface area contributed by atoms with Gasteiger partial charge < -0.3 is 15.1 Å². The van der Waals surface area contributed by atoms with Crippen molar-refractivity contribution in [3.63, 3.8) is 0 Å². The predicted octanol–water partition coefficient (Wildman–Crippen LogP) is 3.96. The van der Waals surface area contributed by atoms with Crippen molar-refractivity contribution >= 4 is 41.1 Å². The molecule has 0 bridgehead atoms. The zero-order valence-corrected chi connectivity index (χ0v) is 18.9. The average molecular weight is 535 g/mol. The highest BCUT2D eigenvalue weighted by molar-refractivity contribution is 6.31. The number of urea groups is 1. The minimum Gasteiger partial charge on any atom is -0.465 e. The molecule has 0 radical (unpaired) electrons. The molecule has 1 fully saturated rings. The molecular weight excluding hydrogens is 519 g/mol. The Morgan fingerprint density at radius 1 is 1.25 bits per heavy atom. The SMILES string of the molecule is CN(C(=O)[C@@H]1CN(C(=O)O)C(=O)N1c1cc(C(F)(F)F)c2c(n1)C(O)CC2)c1ccc(F)c(Cl)c1F. The summed E-state index contributed by atoms with van der Waals surface area (Å²) in [5.41, 5.74) is -2.35. The summed E-state index contributed by atoms with van der Waals surface area (Å²) in [5, 5.41) is 18.6. The lowest BCUT2D eigenvalue weighted by molar-refractivity contribution is -0.138. The normalized spacial score (nSPS) is 19.6. The summed E-state index contributed by atoms with van der Waals surface area (Å²) in [6.07, 6.45) is -8.27. The number of aliphatic hydroxyl groups is 1. The zero-order chi connectivity index (χ0) is 26.7. The lowest BCUT2D eigenvalue weighted by Gasteiger charge is -2.27. The summed E-state index contributed by atoms with van der Waals surface area (Å²) in [6, 6.07) is -1.01. The molecule has 2 aromatic rings. The van der Waals surface area contributed by atoms with Gasteiger partial charge in [0.15, 0.2) is 5.82 Å². The number of carbonyl (C=O) groups is 3. The van der Waals surface area contributed by atoms with Crippen LogP contribution in [0.3, 0.4) is 0 Å². The quantitative estimate of drug-likeness (QED) is 0.455. The van der Waals surface area contributed by atoms with Gasteiger partial charge in [0.05, 0.1) is 29.6 Å². The maximum atomic E-state index is 14.5. The van der Waals surface area contributed by atoms with Crippen molar-refractivity contribution in [2.45, 2.75) is 31.2 Å². The van der Waals surface area contributed by atoms with Gasteiger partial charge in [-0.05, 0) is 36.6 Å². The highest BCUT2D eigenvalue weighted by atomic mass is 35.5. The number of alkyl halides is 3. The van der Waals surface area contributed by atoms with Gasteiger partial charge in [-0.2, -0.15) is 13.2 Å². The van der Waals surface area contributed by atoms with Gasteiger partial charge >= 0.3 is 18.3 Å². The third-order valence-corrected chi connectivity index (χ3v) is 6.35. The van der Waals surface area contributed by atoms with Crippen LogP contribution in [-0.2, 0) is 17.4 Å². The van der Waals surface area contributed by atoms with E-state index in [9.17, 15) is 46.5 Å². The number of likely N-dealkylation sites (N-methyl/N-ethyl adjacent to an activating group) is 1. The van der Waals surface area contributed by atoms with E-state index in [0.717, 1.165) is 19.2 Å². The molecule has 0 saturated carbocycles. The molecule has 15 heteroatoms. The monoisotopic (exact) mass is 534 g/mol. The average Bonchev–Trinajstić information content (AvgIpc) is 3.35. The lowest BCUT2D eigenvalue weighted by atomic mass is 10.1. The van der Waals surface area contributed by atoms with E-state index < -0.39 is 76.6 Å². The smallest absolute Gasteiger partial charge is 0.416 e. The van der Waals surface area contributed by atoms with E-state index in [0.29, 0.717) is 15.9 Å². The van der Waals surface area contributed by atoms with Crippen molar-refractivity contribution in [2.75, 3.05) is 23.4 Å². The van der Waals surface area contributed by atoms with Gasteiger partial charge in [-0.25, -0.2) is 28.3 Å². The van der Waals surface area contributed by atoms with Crippen LogP contribution in [0.15, 0.2) is 18.2 Å². The van der Waals surface area contributed by atoms with Gasteiger partial charge in [-0.3, -0.25) is 9.69 Å². The second-order valence-electron chi connectivity index (χ2n) is 8.10. The molecule has 2 heterocycles. The Morgan fingerprint density at radius 3 is 2.53 bits per heavy atom. The molecule has 2 atom stereocenters. The lowest BCUT2D eigenvalue weighted by Crippen LogP contribution is -2.47. The molecule has 4 amide bonds. The second kappa shape index (κ2) is 8.85. The predicted molar refractivity (Wildman–Crippen MR) is 114 cm³/mol. The maximum Gasteiger partial charge on any atom is 0.416 e. The molecule has 4 rings (SSSR count). The number of hydrogen-bond donors (Lipinski definition) is 2. The fraction of sp³-hybridized carbons (Fsp3) is 0.333. The van der Waals surface area contributed by atoms with Crippen molar-refractivity contribution in [1.82, 2.24) is 9.88 Å². The highest BCUT2D eigenvalue weighted by Crippen LogP contribution is 2.42. The van der Waals surface area contributed by atoms with Gasteiger partial charge in [0, 0.05) is 7.05 Å². The van der Waals surface area contributed by atoms with E-state index in [1.165, 1.54) is 0 Å². The number of carbonyl (C=O) groups excluding carboxylic acids is 2. The number of hydrogen-bond acceptors (Lipinski definition) is 5. The summed E-state index contributed by atoms with van der Waals surface area (Å²) >= 11 is 5.55. The molecule has 2 aliphatic rings. The number of anilines is 2. The van der Waals surface area contributed by atoms with Crippen LogP contribution in [0.1, 0.15) is 29.3 Å². The summed E-state index contributed by atoms with van der Waals surface area (Å²) in [6.45, 7) is -0.823. The van der Waals surface area contributed by atoms with Crippen LogP contribution in [0.25, 0.3) is 0 Å². The molecule has 1 aromatic heterocycles. The zero-order valence-electron chi connectivity index (χ0n) is 18.2. The Balaban J connectivity index is 1.82. The van der Waals surface area contributed by atoms with Crippen LogP contribution in [0.4, 0.5) is 43.0 Å². The molecular formula is C21H16ClF5N4O5. The standard InChI is InChI=1S/C21H16ClF5N4O5/c1-29(11-4-3-10(23)15(22)16(11)24)18(33)12-7-30(20(35)36)19(34)31(12)14-6-9(21(25,26)27)8-2-5-13(32)17(8)28-14/h3-4,6,12-13,32H,2,5,7H2,1H3,(H,35,36)/t12-,13?/m0/s1. The van der Waals surface area contributed by atoms with Gasteiger partial charge in [-0.1, -0.05) is 11.6 Å². The van der Waals surface area contributed by atoms with E-state index in [1.807, 2.05) is 0 Å². The van der Waals surface area contributed by atoms with Crippen LogP contribution >= 0.6 is 11.6 Å². The first-order valence-electron chi connectivity index (χ1n) is 10.3. The number of amides is 4. The van der Waals surface area contributed by atoms with Crippen LogP contribution in [0.2, 0.25) is 5.02 Å². The van der Waals surface area contributed by atoms with Crippen LogP contribution < -0.4 is 9.80 Å². The summed E-state index contributed by atoms with van der Waals surface area (Å²) < 4.78 is 69.4. The first kappa shape index (κ1) is 25.6. The fourth-order valence-corrected chi connectivity index (χ4v) is 4.39. The third-order valence-electron chi connectivity index (χ3n) is 6.01. The van der Waals surface area contributed by atoms with Crippen LogP contribution in [0.5, 0.6) is 0 Å². The minimum atomic E-state index is -4.91. The Morgan fingerprint density at radius 2 is 1.92 bits per heavy atom. The number of imide groups is 1. The Bertz CT molecular complexity index is 1290. The summed E-state index contributed by atoms with van der Waals surface area (Å²) in [5.74, 6) is -4.28. The van der Waals surface area contributed by atoms with E-state index in [2.05, 4.69) is 4.98 Å². The molecule has 36 heavy (non-hydrogen) atoms. The number of fused-ring (bicyclic) bond motifs is 1. The number of nitrogens with zero attached hydrogens (tertiary/aromatic N) is 4. The van der Waals surface area contributed by atoms with Crippen molar-refractivity contribution in [1.29, 1.82) is 0 Å². The van der Waals surface area contributed by atoms with Crippen LogP contribution in [-0.4, -0.2) is 57.8 Å². The van der Waals surface area contributed by atoms with Gasteiger partial charge in [-0.15, -0.1) is 0 Å². The molecule has 1 saturated heterocycles. The summed E-state index contributed by atoms with van der Waals surface area (Å²) in [7, 11) is 1.03. The minimum absolute atomic E-state index is 0.0558. The first-order chi connectivity index (χ1) is 16.7. The molecule has 1 aromatic carbocycles. The number of aromatic nitrogens is 1. The number of carboxylic acid groups (broad SMARTS) is 1. The molecule has 1 aliphatic carbocycles. The number of aliphatic hydroxyl groups excluding tert-OH is 1. The fourth-order valence-electron chi connectivity index (χ4n) is 4.23. The molecule has 1 aliphatic heterocycles. The molecule has 2 N–H and O–H groups in total. The third kappa shape index (κ3) is 4.09. The topological polar surface area (TPSA) is 114 Å². The molecule has 192 valence electrons. The number of rotatable bonds is 3. The molecule has 0 spiro atoms. The largest absolute Gasteiger partial charge is 0.465 e. The van der Waals surface area contributed by atoms with E-state index in [4.69, 9.17) is 11.6 Å². The van der Waals surface area contributed by atoms with Crippen LogP contribution in [0, 0.1) is 11.6 Å². The van der Waals surface area contributed by atoms with Crippen molar-refractivity contribution in [3.8, 4) is 0 Å². The second-order valence-corrected chi connectivity index (χ2v) is 8.48. The van der Waals surface area contributed by atoms with Crippen molar-refractivity contribution in [3.05, 3.63) is 51.7 Å². The summed E-state index contributed by atoms with van der Waals surface area (Å²) in [4.78, 5) is 43.0. The van der Waals surface area contributed by atoms with E-state index in [-0.39, 0.29) is 29.0 Å². The Hall–Kier alpha value is -3.52. The number of halogens is 6. The highest BCUT2D eigenvalue weighted by Gasteiger charge is 2.49. The van der Waals surface area contributed by atoms with E-state index in [1.54, 1.807) is 0 Å². The van der Waals surface area contributed by atoms with Gasteiger partial charge in [0.25, 0.3) is 5.91 Å². The number of benzene rings is 1. The Kier molecular flexibility index (Phi) is 6.29. The van der Waals surface area contributed by atoms with Gasteiger partial charge in [0.1, 0.15) is 22.7 Å². The molecule has 1 unspecified atom stereocenters. The van der Waals surface area contributed by atoms with Crippen molar-refractivity contribution in [2.24, 2.45) is 0 Å². The Labute approximate surface area is 204 Å². The van der Waals surface area contributed by atoms with E-state index >= 15 is 0 Å². The van der Waals surface area contributed by atoms with Crippen molar-refractivity contribution < 1.29 is 46.5 Å².